The summed E-state index contributed by atoms with van der Waals surface area (Å²) in [5.41, 5.74) is 5.72. The highest BCUT2D eigenvalue weighted by atomic mass is 16.2. The summed E-state index contributed by atoms with van der Waals surface area (Å²) in [4.78, 5) is 28.1. The van der Waals surface area contributed by atoms with Crippen LogP contribution in [-0.2, 0) is 9.59 Å². The van der Waals surface area contributed by atoms with Gasteiger partial charge in [-0.1, -0.05) is 0 Å². The molecule has 1 unspecified atom stereocenters. The Balaban J connectivity index is 1.47. The topological polar surface area (TPSA) is 66.6 Å². The average Bonchev–Trinajstić information content (AvgIpc) is 2.89. The molecule has 0 aromatic rings. The summed E-state index contributed by atoms with van der Waals surface area (Å²) < 4.78 is 0. The van der Waals surface area contributed by atoms with E-state index in [4.69, 9.17) is 5.73 Å². The van der Waals surface area contributed by atoms with E-state index in [9.17, 15) is 9.59 Å². The normalized spacial score (nSPS) is 33.2. The molecule has 1 atom stereocenters. The van der Waals surface area contributed by atoms with Gasteiger partial charge >= 0.3 is 0 Å². The van der Waals surface area contributed by atoms with Crippen LogP contribution >= 0.6 is 0 Å². The highest BCUT2D eigenvalue weighted by molar-refractivity contribution is 5.80. The number of hydrogen-bond acceptors (Lipinski definition) is 3. The van der Waals surface area contributed by atoms with Crippen LogP contribution in [0.25, 0.3) is 0 Å². The lowest BCUT2D eigenvalue weighted by atomic mass is 9.80. The summed E-state index contributed by atoms with van der Waals surface area (Å²) in [7, 11) is 0. The van der Waals surface area contributed by atoms with E-state index in [0.29, 0.717) is 30.6 Å². The fourth-order valence-corrected chi connectivity index (χ4v) is 4.14. The minimum Gasteiger partial charge on any atom is -0.339 e. The Kier molecular flexibility index (Phi) is 4.48. The van der Waals surface area contributed by atoms with E-state index in [1.807, 2.05) is 9.80 Å². The summed E-state index contributed by atoms with van der Waals surface area (Å²) in [5, 5.41) is 0. The van der Waals surface area contributed by atoms with E-state index >= 15 is 0 Å². The SMILES string of the molecule is NCC1CCC(CC(=O)N2CCN3C(=O)CCC3C2)CC1. The first-order valence-corrected chi connectivity index (χ1v) is 8.44. The van der Waals surface area contributed by atoms with E-state index in [-0.39, 0.29) is 11.9 Å². The lowest BCUT2D eigenvalue weighted by molar-refractivity contribution is -0.139. The van der Waals surface area contributed by atoms with Crippen LogP contribution in [0.5, 0.6) is 0 Å². The van der Waals surface area contributed by atoms with E-state index in [0.717, 1.165) is 45.4 Å². The first kappa shape index (κ1) is 14.8. The van der Waals surface area contributed by atoms with E-state index < -0.39 is 0 Å². The summed E-state index contributed by atoms with van der Waals surface area (Å²) in [5.74, 6) is 1.78. The van der Waals surface area contributed by atoms with Gasteiger partial charge in [0.1, 0.15) is 0 Å². The number of nitrogens with two attached hydrogens (primary N) is 1. The Bertz CT molecular complexity index is 404. The van der Waals surface area contributed by atoms with Crippen molar-refractivity contribution in [3.05, 3.63) is 0 Å². The predicted molar refractivity (Wildman–Crippen MR) is 80.4 cm³/mol. The first-order chi connectivity index (χ1) is 10.2. The molecule has 21 heavy (non-hydrogen) atoms. The Morgan fingerprint density at radius 2 is 1.81 bits per heavy atom. The highest BCUT2D eigenvalue weighted by Gasteiger charge is 2.37. The molecule has 3 rings (SSSR count). The third kappa shape index (κ3) is 3.23. The Hall–Kier alpha value is -1.10. The van der Waals surface area contributed by atoms with Gasteiger partial charge in [0.15, 0.2) is 0 Å². The second-order valence-corrected chi connectivity index (χ2v) is 6.95. The highest BCUT2D eigenvalue weighted by Crippen LogP contribution is 2.31. The number of piperazine rings is 1. The van der Waals surface area contributed by atoms with Crippen molar-refractivity contribution in [2.45, 2.75) is 51.0 Å². The van der Waals surface area contributed by atoms with Crippen molar-refractivity contribution in [2.24, 2.45) is 17.6 Å². The number of hydrogen-bond donors (Lipinski definition) is 1. The van der Waals surface area contributed by atoms with Crippen molar-refractivity contribution in [3.63, 3.8) is 0 Å². The monoisotopic (exact) mass is 293 g/mol. The molecule has 2 N–H and O–H groups in total. The van der Waals surface area contributed by atoms with Crippen molar-refractivity contribution in [3.8, 4) is 0 Å². The second kappa shape index (κ2) is 6.34. The van der Waals surface area contributed by atoms with Crippen molar-refractivity contribution in [2.75, 3.05) is 26.2 Å². The maximum Gasteiger partial charge on any atom is 0.223 e. The van der Waals surface area contributed by atoms with Gasteiger partial charge in [0.2, 0.25) is 11.8 Å². The Labute approximate surface area is 126 Å². The van der Waals surface area contributed by atoms with Crippen molar-refractivity contribution in [1.29, 1.82) is 0 Å². The molecule has 0 radical (unpaired) electrons. The second-order valence-electron chi connectivity index (χ2n) is 6.95. The van der Waals surface area contributed by atoms with Gasteiger partial charge in [0.25, 0.3) is 0 Å². The predicted octanol–water partition coefficient (Wildman–Crippen LogP) is 0.975. The number of carbonyl (C=O) groups excluding carboxylic acids is 2. The zero-order valence-corrected chi connectivity index (χ0v) is 12.8. The number of amides is 2. The van der Waals surface area contributed by atoms with Gasteiger partial charge in [-0.2, -0.15) is 0 Å². The maximum absolute atomic E-state index is 12.5. The summed E-state index contributed by atoms with van der Waals surface area (Å²) >= 11 is 0. The molecule has 1 aliphatic carbocycles. The molecule has 0 aromatic carbocycles. The summed E-state index contributed by atoms with van der Waals surface area (Å²) in [6, 6.07) is 0.281. The molecule has 2 amide bonds. The molecule has 118 valence electrons. The Morgan fingerprint density at radius 3 is 2.52 bits per heavy atom. The minimum atomic E-state index is 0.271. The van der Waals surface area contributed by atoms with Gasteiger partial charge < -0.3 is 15.5 Å². The summed E-state index contributed by atoms with van der Waals surface area (Å²) in [6.07, 6.45) is 6.93. The molecule has 0 aromatic heterocycles. The molecule has 0 bridgehead atoms. The van der Waals surface area contributed by atoms with Crippen LogP contribution in [0.4, 0.5) is 0 Å². The van der Waals surface area contributed by atoms with Crippen LogP contribution in [0.3, 0.4) is 0 Å². The lowest BCUT2D eigenvalue weighted by Crippen LogP contribution is -2.53. The zero-order chi connectivity index (χ0) is 14.8. The number of fused-ring (bicyclic) bond motifs is 1. The van der Waals surface area contributed by atoms with Crippen LogP contribution in [0.1, 0.15) is 44.9 Å². The molecule has 0 spiro atoms. The van der Waals surface area contributed by atoms with Gasteiger partial charge in [-0.15, -0.1) is 0 Å². The van der Waals surface area contributed by atoms with Crippen LogP contribution in [-0.4, -0.2) is 53.8 Å². The molecule has 3 aliphatic rings. The van der Waals surface area contributed by atoms with Crippen molar-refractivity contribution >= 4 is 11.8 Å². The molecule has 5 heteroatoms. The van der Waals surface area contributed by atoms with Crippen molar-refractivity contribution < 1.29 is 9.59 Å². The molecular weight excluding hydrogens is 266 g/mol. The molecule has 2 heterocycles. The average molecular weight is 293 g/mol. The van der Waals surface area contributed by atoms with Gasteiger partial charge in [0.05, 0.1) is 0 Å². The van der Waals surface area contributed by atoms with E-state index in [1.54, 1.807) is 0 Å². The smallest absolute Gasteiger partial charge is 0.223 e. The zero-order valence-electron chi connectivity index (χ0n) is 12.8. The fourth-order valence-electron chi connectivity index (χ4n) is 4.14. The molecule has 3 fully saturated rings. The maximum atomic E-state index is 12.5. The third-order valence-electron chi connectivity index (χ3n) is 5.61. The van der Waals surface area contributed by atoms with Crippen molar-refractivity contribution in [1.82, 2.24) is 9.80 Å². The lowest BCUT2D eigenvalue weighted by Gasteiger charge is -2.38. The third-order valence-corrected chi connectivity index (χ3v) is 5.61. The van der Waals surface area contributed by atoms with Crippen LogP contribution in [0.15, 0.2) is 0 Å². The van der Waals surface area contributed by atoms with Gasteiger partial charge in [0, 0.05) is 38.5 Å². The van der Waals surface area contributed by atoms with Crippen LogP contribution in [0.2, 0.25) is 0 Å². The molecular formula is C16H27N3O2. The number of carbonyl (C=O) groups is 2. The largest absolute Gasteiger partial charge is 0.339 e. The first-order valence-electron chi connectivity index (χ1n) is 8.44. The van der Waals surface area contributed by atoms with Crippen LogP contribution < -0.4 is 5.73 Å². The van der Waals surface area contributed by atoms with Gasteiger partial charge in [-0.3, -0.25) is 9.59 Å². The van der Waals surface area contributed by atoms with Gasteiger partial charge in [-0.25, -0.2) is 0 Å². The molecule has 2 aliphatic heterocycles. The summed E-state index contributed by atoms with van der Waals surface area (Å²) in [6.45, 7) is 3.00. The number of nitrogens with zero attached hydrogens (tertiary/aromatic N) is 2. The molecule has 2 saturated heterocycles. The molecule has 5 nitrogen and oxygen atoms in total. The standard InChI is InChI=1S/C16H27N3O2/c17-10-13-3-1-12(2-4-13)9-16(21)18-7-8-19-14(11-18)5-6-15(19)20/h12-14H,1-11,17H2. The van der Waals surface area contributed by atoms with Gasteiger partial charge in [-0.05, 0) is 50.5 Å². The quantitative estimate of drug-likeness (QED) is 0.843. The Morgan fingerprint density at radius 1 is 1.10 bits per heavy atom. The van der Waals surface area contributed by atoms with Crippen LogP contribution in [0, 0.1) is 11.8 Å². The number of rotatable bonds is 3. The molecule has 1 saturated carbocycles. The minimum absolute atomic E-state index is 0.271. The van der Waals surface area contributed by atoms with E-state index in [2.05, 4.69) is 0 Å². The fraction of sp³-hybridized carbons (Fsp3) is 0.875. The van der Waals surface area contributed by atoms with E-state index in [1.165, 1.54) is 12.8 Å².